The Labute approximate surface area is 238 Å². The highest BCUT2D eigenvalue weighted by Crippen LogP contribution is 2.33. The van der Waals surface area contributed by atoms with Crippen LogP contribution in [-0.2, 0) is 22.7 Å². The first-order valence-corrected chi connectivity index (χ1v) is 13.1. The van der Waals surface area contributed by atoms with Gasteiger partial charge >= 0.3 is 0 Å². The number of rotatable bonds is 12. The fraction of sp³-hybridized carbons (Fsp3) is 0.219. The molecule has 9 heteroatoms. The molecule has 41 heavy (non-hydrogen) atoms. The highest BCUT2D eigenvalue weighted by Gasteiger charge is 2.31. The molecule has 0 radical (unpaired) electrons. The highest BCUT2D eigenvalue weighted by atomic mass is 19.1. The van der Waals surface area contributed by atoms with Crippen LogP contribution in [0.15, 0.2) is 97.2 Å². The summed E-state index contributed by atoms with van der Waals surface area (Å²) in [5.41, 5.74) is 9.22. The minimum absolute atomic E-state index is 0.245. The van der Waals surface area contributed by atoms with Gasteiger partial charge in [0.05, 0.1) is 19.9 Å². The molecule has 212 valence electrons. The van der Waals surface area contributed by atoms with Crippen LogP contribution in [0.4, 0.5) is 10.1 Å². The Morgan fingerprint density at radius 2 is 1.56 bits per heavy atom. The molecule has 0 saturated carbocycles. The summed E-state index contributed by atoms with van der Waals surface area (Å²) < 4.78 is 23.8. The maximum absolute atomic E-state index is 14.3. The number of pyridine rings is 1. The topological polar surface area (TPSA) is 107 Å². The number of nitrogens with zero attached hydrogens (tertiary/aromatic N) is 2. The molecule has 4 rings (SSSR count). The van der Waals surface area contributed by atoms with Gasteiger partial charge in [0, 0.05) is 24.5 Å². The lowest BCUT2D eigenvalue weighted by molar-refractivity contribution is -0.128. The van der Waals surface area contributed by atoms with Gasteiger partial charge in [0.1, 0.15) is 18.8 Å². The lowest BCUT2D eigenvalue weighted by atomic mass is 10.0. The van der Waals surface area contributed by atoms with Crippen molar-refractivity contribution in [2.45, 2.75) is 25.2 Å². The predicted molar refractivity (Wildman–Crippen MR) is 155 cm³/mol. The molecule has 3 aromatic carbocycles. The molecule has 3 N–H and O–H groups in total. The van der Waals surface area contributed by atoms with E-state index in [0.29, 0.717) is 40.4 Å². The Morgan fingerprint density at radius 1 is 0.902 bits per heavy atom. The lowest BCUT2D eigenvalue weighted by Gasteiger charge is -2.29. The van der Waals surface area contributed by atoms with Gasteiger partial charge in [-0.2, -0.15) is 0 Å². The van der Waals surface area contributed by atoms with Crippen molar-refractivity contribution in [1.82, 2.24) is 10.3 Å². The summed E-state index contributed by atoms with van der Waals surface area (Å²) >= 11 is 0. The van der Waals surface area contributed by atoms with Crippen molar-refractivity contribution in [3.63, 3.8) is 0 Å². The Kier molecular flexibility index (Phi) is 10.0. The number of methoxy groups -OCH3 is 2. The Morgan fingerprint density at radius 3 is 2.15 bits per heavy atom. The summed E-state index contributed by atoms with van der Waals surface area (Å²) in [5, 5.41) is 2.88. The van der Waals surface area contributed by atoms with Crippen LogP contribution >= 0.6 is 0 Å². The molecule has 0 aliphatic carbocycles. The van der Waals surface area contributed by atoms with Crippen molar-refractivity contribution in [1.29, 1.82) is 0 Å². The molecule has 0 saturated heterocycles. The van der Waals surface area contributed by atoms with Crippen LogP contribution in [0, 0.1) is 0 Å². The van der Waals surface area contributed by atoms with Crippen molar-refractivity contribution in [3.8, 4) is 11.5 Å². The van der Waals surface area contributed by atoms with E-state index >= 15 is 0 Å². The Bertz CT molecular complexity index is 1440. The van der Waals surface area contributed by atoms with Crippen LogP contribution in [0.25, 0.3) is 0 Å². The number of ether oxygens (including phenoxy) is 2. The molecule has 0 aliphatic heterocycles. The van der Waals surface area contributed by atoms with Gasteiger partial charge in [0.25, 0.3) is 5.91 Å². The predicted octanol–water partition coefficient (Wildman–Crippen LogP) is 4.70. The summed E-state index contributed by atoms with van der Waals surface area (Å²) in [6.07, 6.45) is 2.03. The minimum atomic E-state index is -1.03. The number of hydrogen-bond acceptors (Lipinski definition) is 6. The second-order valence-corrected chi connectivity index (χ2v) is 9.31. The van der Waals surface area contributed by atoms with Gasteiger partial charge in [0.15, 0.2) is 11.5 Å². The van der Waals surface area contributed by atoms with Gasteiger partial charge in [0.2, 0.25) is 5.91 Å². The second kappa shape index (κ2) is 14.0. The number of anilines is 1. The van der Waals surface area contributed by atoms with Crippen LogP contribution in [0.2, 0.25) is 0 Å². The zero-order chi connectivity index (χ0) is 29.2. The fourth-order valence-corrected chi connectivity index (χ4v) is 4.42. The molecule has 0 unspecified atom stereocenters. The maximum atomic E-state index is 14.3. The summed E-state index contributed by atoms with van der Waals surface area (Å²) in [6.45, 7) is -0.408. The van der Waals surface area contributed by atoms with Crippen LogP contribution in [0.3, 0.4) is 0 Å². The van der Waals surface area contributed by atoms with Crippen molar-refractivity contribution < 1.29 is 23.5 Å². The number of amides is 2. The fourth-order valence-electron chi connectivity index (χ4n) is 4.42. The van der Waals surface area contributed by atoms with Crippen LogP contribution in [0.1, 0.15) is 34.5 Å². The van der Waals surface area contributed by atoms with Crippen molar-refractivity contribution in [2.24, 2.45) is 5.73 Å². The molecule has 2 amide bonds. The van der Waals surface area contributed by atoms with Gasteiger partial charge in [-0.05, 0) is 41.3 Å². The van der Waals surface area contributed by atoms with Crippen molar-refractivity contribution in [2.75, 3.05) is 25.7 Å². The molecule has 1 aromatic heterocycles. The maximum Gasteiger partial charge on any atom is 0.254 e. The number of halogens is 1. The average molecular weight is 557 g/mol. The standard InChI is InChI=1S/C32H33FN4O4/c1-40-27-16-15-26(19-28(27)41-2)37(18-17-22-13-14-25(20-33)35-21-22)32(39)30(24-11-7-4-8-12-24)36-31(38)29(34)23-9-5-3-6-10-23/h3-16,19,21,29-30H,17-18,20,34H2,1-2H3,(H,36,38)/t29-,30-/m0/s1. The molecule has 0 spiro atoms. The van der Waals surface area contributed by atoms with E-state index in [9.17, 15) is 14.0 Å². The normalized spacial score (nSPS) is 12.2. The van der Waals surface area contributed by atoms with Crippen molar-refractivity contribution in [3.05, 3.63) is 120 Å². The van der Waals surface area contributed by atoms with Gasteiger partial charge in [-0.25, -0.2) is 4.39 Å². The first-order chi connectivity index (χ1) is 19.9. The number of nitrogens with two attached hydrogens (primary N) is 1. The van der Waals surface area contributed by atoms with E-state index in [4.69, 9.17) is 15.2 Å². The molecule has 4 aromatic rings. The van der Waals surface area contributed by atoms with E-state index in [2.05, 4.69) is 10.3 Å². The van der Waals surface area contributed by atoms with Crippen LogP contribution < -0.4 is 25.4 Å². The lowest BCUT2D eigenvalue weighted by Crippen LogP contribution is -2.46. The second-order valence-electron chi connectivity index (χ2n) is 9.31. The van der Waals surface area contributed by atoms with E-state index in [1.807, 2.05) is 12.1 Å². The molecule has 0 bridgehead atoms. The minimum Gasteiger partial charge on any atom is -0.493 e. The van der Waals surface area contributed by atoms with Crippen LogP contribution in [0.5, 0.6) is 11.5 Å². The molecule has 0 aliphatic rings. The zero-order valence-electron chi connectivity index (χ0n) is 23.0. The third kappa shape index (κ3) is 7.26. The van der Waals surface area contributed by atoms with E-state index in [0.717, 1.165) is 5.56 Å². The number of hydrogen-bond donors (Lipinski definition) is 2. The number of nitrogens with one attached hydrogen (secondary N) is 1. The Hall–Kier alpha value is -4.76. The summed E-state index contributed by atoms with van der Waals surface area (Å²) in [6, 6.07) is 24.6. The van der Waals surface area contributed by atoms with Gasteiger partial charge in [-0.3, -0.25) is 14.6 Å². The number of alkyl halides is 1. The number of aromatic nitrogens is 1. The van der Waals surface area contributed by atoms with E-state index < -0.39 is 24.7 Å². The first-order valence-electron chi connectivity index (χ1n) is 13.1. The molecular weight excluding hydrogens is 523 g/mol. The number of benzene rings is 3. The summed E-state index contributed by atoms with van der Waals surface area (Å²) in [5.74, 6) is 0.0987. The van der Waals surface area contributed by atoms with E-state index in [1.54, 1.807) is 90.0 Å². The average Bonchev–Trinajstić information content (AvgIpc) is 3.04. The van der Waals surface area contributed by atoms with Gasteiger partial charge < -0.3 is 25.4 Å². The first kappa shape index (κ1) is 29.2. The molecule has 0 fully saturated rings. The SMILES string of the molecule is COc1ccc(N(CCc2ccc(CF)nc2)C(=O)[C@@H](NC(=O)[C@@H](N)c2ccccc2)c2ccccc2)cc1OC. The van der Waals surface area contributed by atoms with Crippen LogP contribution in [-0.4, -0.2) is 37.6 Å². The molecule has 8 nitrogen and oxygen atoms in total. The zero-order valence-corrected chi connectivity index (χ0v) is 23.0. The highest BCUT2D eigenvalue weighted by molar-refractivity contribution is 6.00. The smallest absolute Gasteiger partial charge is 0.254 e. The monoisotopic (exact) mass is 556 g/mol. The molecule has 1 heterocycles. The third-order valence-corrected chi connectivity index (χ3v) is 6.70. The van der Waals surface area contributed by atoms with E-state index in [-0.39, 0.29) is 12.5 Å². The summed E-state index contributed by atoms with van der Waals surface area (Å²) in [7, 11) is 3.05. The largest absolute Gasteiger partial charge is 0.493 e. The molecular formula is C32H33FN4O4. The Balaban J connectivity index is 1.69. The summed E-state index contributed by atoms with van der Waals surface area (Å²) in [4.78, 5) is 33.4. The van der Waals surface area contributed by atoms with Gasteiger partial charge in [-0.15, -0.1) is 0 Å². The number of carbonyl (C=O) groups is 2. The molecule has 2 atom stereocenters. The number of carbonyl (C=O) groups excluding carboxylic acids is 2. The quantitative estimate of drug-likeness (QED) is 0.262. The van der Waals surface area contributed by atoms with Crippen molar-refractivity contribution >= 4 is 17.5 Å². The van der Waals surface area contributed by atoms with Gasteiger partial charge in [-0.1, -0.05) is 66.7 Å². The third-order valence-electron chi connectivity index (χ3n) is 6.70. The van der Waals surface area contributed by atoms with E-state index in [1.165, 1.54) is 14.2 Å².